The highest BCUT2D eigenvalue weighted by Gasteiger charge is 2.26. The van der Waals surface area contributed by atoms with E-state index in [0.29, 0.717) is 6.04 Å². The van der Waals surface area contributed by atoms with Crippen LogP contribution in [0.2, 0.25) is 0 Å². The standard InChI is InChI=1S/C17H22N2/c1-12-6-5-9-15(13(12)2)18-17-11-10-14-7-3-4-8-16(14)19-17/h3-4,7-8,10-13,15H,5-6,9H2,1-2H3,(H,18,19). The van der Waals surface area contributed by atoms with Crippen molar-refractivity contribution in [2.75, 3.05) is 5.32 Å². The van der Waals surface area contributed by atoms with Gasteiger partial charge in [-0.1, -0.05) is 44.9 Å². The Kier molecular flexibility index (Phi) is 3.41. The first kappa shape index (κ1) is 12.5. The van der Waals surface area contributed by atoms with Gasteiger partial charge in [-0.3, -0.25) is 0 Å². The predicted molar refractivity (Wildman–Crippen MR) is 81.3 cm³/mol. The normalized spacial score (nSPS) is 27.4. The first-order valence-electron chi connectivity index (χ1n) is 7.36. The fourth-order valence-corrected chi connectivity index (χ4v) is 3.12. The van der Waals surface area contributed by atoms with Crippen LogP contribution in [-0.2, 0) is 0 Å². The summed E-state index contributed by atoms with van der Waals surface area (Å²) in [5, 5.41) is 4.85. The molecule has 0 aliphatic heterocycles. The van der Waals surface area contributed by atoms with E-state index in [-0.39, 0.29) is 0 Å². The van der Waals surface area contributed by atoms with Crippen molar-refractivity contribution in [1.29, 1.82) is 0 Å². The number of nitrogens with zero attached hydrogens (tertiary/aromatic N) is 1. The van der Waals surface area contributed by atoms with Crippen molar-refractivity contribution in [2.24, 2.45) is 11.8 Å². The first-order chi connectivity index (χ1) is 9.24. The van der Waals surface area contributed by atoms with Crippen LogP contribution in [0, 0.1) is 11.8 Å². The number of para-hydroxylation sites is 1. The Bertz CT molecular complexity index is 564. The van der Waals surface area contributed by atoms with Gasteiger partial charge in [-0.05, 0) is 36.5 Å². The molecule has 1 heterocycles. The summed E-state index contributed by atoms with van der Waals surface area (Å²) in [4.78, 5) is 4.72. The Morgan fingerprint density at radius 1 is 1.05 bits per heavy atom. The average Bonchev–Trinajstić information content (AvgIpc) is 2.44. The fourth-order valence-electron chi connectivity index (χ4n) is 3.12. The fraction of sp³-hybridized carbons (Fsp3) is 0.471. The third-order valence-corrected chi connectivity index (χ3v) is 4.64. The highest BCUT2D eigenvalue weighted by Crippen LogP contribution is 2.31. The number of pyridine rings is 1. The second kappa shape index (κ2) is 5.20. The van der Waals surface area contributed by atoms with Crippen molar-refractivity contribution >= 4 is 16.7 Å². The Hall–Kier alpha value is -1.57. The number of fused-ring (bicyclic) bond motifs is 1. The number of anilines is 1. The summed E-state index contributed by atoms with van der Waals surface area (Å²) in [5.74, 6) is 2.55. The molecule has 19 heavy (non-hydrogen) atoms. The lowest BCUT2D eigenvalue weighted by atomic mass is 9.78. The van der Waals surface area contributed by atoms with Gasteiger partial charge in [-0.25, -0.2) is 4.98 Å². The van der Waals surface area contributed by atoms with E-state index in [0.717, 1.165) is 23.2 Å². The maximum atomic E-state index is 4.72. The van der Waals surface area contributed by atoms with Crippen LogP contribution in [0.1, 0.15) is 33.1 Å². The molecule has 3 atom stereocenters. The van der Waals surface area contributed by atoms with Crippen molar-refractivity contribution in [3.8, 4) is 0 Å². The lowest BCUT2D eigenvalue weighted by Gasteiger charge is -2.34. The first-order valence-corrected chi connectivity index (χ1v) is 7.36. The topological polar surface area (TPSA) is 24.9 Å². The molecule has 0 saturated heterocycles. The minimum absolute atomic E-state index is 0.567. The monoisotopic (exact) mass is 254 g/mol. The number of hydrogen-bond donors (Lipinski definition) is 1. The van der Waals surface area contributed by atoms with Gasteiger partial charge in [0.2, 0.25) is 0 Å². The summed E-state index contributed by atoms with van der Waals surface area (Å²) in [6.07, 6.45) is 3.96. The Morgan fingerprint density at radius 3 is 2.79 bits per heavy atom. The van der Waals surface area contributed by atoms with Gasteiger partial charge in [-0.15, -0.1) is 0 Å². The number of benzene rings is 1. The van der Waals surface area contributed by atoms with Crippen LogP contribution in [-0.4, -0.2) is 11.0 Å². The van der Waals surface area contributed by atoms with E-state index in [9.17, 15) is 0 Å². The van der Waals surface area contributed by atoms with Gasteiger partial charge in [0.05, 0.1) is 5.52 Å². The molecule has 2 heteroatoms. The van der Waals surface area contributed by atoms with Gasteiger partial charge in [0.15, 0.2) is 0 Å². The molecular formula is C17H22N2. The summed E-state index contributed by atoms with van der Waals surface area (Å²) in [5.41, 5.74) is 1.07. The third-order valence-electron chi connectivity index (χ3n) is 4.64. The average molecular weight is 254 g/mol. The summed E-state index contributed by atoms with van der Waals surface area (Å²) in [6, 6.07) is 13.1. The molecule has 3 rings (SSSR count). The van der Waals surface area contributed by atoms with E-state index in [1.54, 1.807) is 0 Å². The van der Waals surface area contributed by atoms with Crippen LogP contribution in [0.25, 0.3) is 10.9 Å². The molecule has 0 amide bonds. The van der Waals surface area contributed by atoms with Crippen LogP contribution in [0.15, 0.2) is 36.4 Å². The molecule has 0 radical (unpaired) electrons. The van der Waals surface area contributed by atoms with Crippen LogP contribution in [0.3, 0.4) is 0 Å². The van der Waals surface area contributed by atoms with Crippen LogP contribution in [0.4, 0.5) is 5.82 Å². The van der Waals surface area contributed by atoms with Crippen molar-refractivity contribution in [3.05, 3.63) is 36.4 Å². The molecule has 2 nitrogen and oxygen atoms in total. The van der Waals surface area contributed by atoms with E-state index in [2.05, 4.69) is 49.5 Å². The Morgan fingerprint density at radius 2 is 1.89 bits per heavy atom. The number of rotatable bonds is 2. The zero-order chi connectivity index (χ0) is 13.2. The minimum atomic E-state index is 0.567. The smallest absolute Gasteiger partial charge is 0.126 e. The van der Waals surface area contributed by atoms with E-state index >= 15 is 0 Å². The molecule has 1 saturated carbocycles. The molecule has 1 aromatic carbocycles. The van der Waals surface area contributed by atoms with Gasteiger partial charge in [0.1, 0.15) is 5.82 Å². The summed E-state index contributed by atoms with van der Waals surface area (Å²) in [6.45, 7) is 4.73. The molecule has 0 spiro atoms. The molecule has 0 bridgehead atoms. The second-order valence-corrected chi connectivity index (χ2v) is 5.91. The second-order valence-electron chi connectivity index (χ2n) is 5.91. The number of aromatic nitrogens is 1. The highest BCUT2D eigenvalue weighted by molar-refractivity contribution is 5.80. The molecule has 3 unspecified atom stereocenters. The summed E-state index contributed by atoms with van der Waals surface area (Å²) in [7, 11) is 0. The van der Waals surface area contributed by atoms with Crippen molar-refractivity contribution in [3.63, 3.8) is 0 Å². The van der Waals surface area contributed by atoms with E-state index in [4.69, 9.17) is 4.98 Å². The van der Waals surface area contributed by atoms with Crippen molar-refractivity contribution in [1.82, 2.24) is 4.98 Å². The van der Waals surface area contributed by atoms with Gasteiger partial charge >= 0.3 is 0 Å². The highest BCUT2D eigenvalue weighted by atomic mass is 15.0. The predicted octanol–water partition coefficient (Wildman–Crippen LogP) is 4.47. The zero-order valence-electron chi connectivity index (χ0n) is 11.8. The molecule has 1 aliphatic rings. The maximum absolute atomic E-state index is 4.72. The minimum Gasteiger partial charge on any atom is -0.367 e. The maximum Gasteiger partial charge on any atom is 0.126 e. The largest absolute Gasteiger partial charge is 0.367 e. The van der Waals surface area contributed by atoms with Crippen LogP contribution < -0.4 is 5.32 Å². The van der Waals surface area contributed by atoms with Gasteiger partial charge in [0.25, 0.3) is 0 Å². The third kappa shape index (κ3) is 2.58. The SMILES string of the molecule is CC1CCCC(Nc2ccc3ccccc3n2)C1C. The van der Waals surface area contributed by atoms with E-state index in [1.807, 2.05) is 6.07 Å². The Balaban J connectivity index is 1.81. The molecule has 1 fully saturated rings. The van der Waals surface area contributed by atoms with E-state index in [1.165, 1.54) is 24.6 Å². The van der Waals surface area contributed by atoms with Crippen LogP contribution >= 0.6 is 0 Å². The van der Waals surface area contributed by atoms with Gasteiger partial charge in [0, 0.05) is 11.4 Å². The zero-order valence-corrected chi connectivity index (χ0v) is 11.8. The van der Waals surface area contributed by atoms with Crippen molar-refractivity contribution < 1.29 is 0 Å². The molecule has 1 aliphatic carbocycles. The molecular weight excluding hydrogens is 232 g/mol. The number of hydrogen-bond acceptors (Lipinski definition) is 2. The molecule has 1 aromatic heterocycles. The molecule has 100 valence electrons. The Labute approximate surface area is 115 Å². The number of nitrogens with one attached hydrogen (secondary N) is 1. The molecule has 2 aromatic rings. The quantitative estimate of drug-likeness (QED) is 0.855. The van der Waals surface area contributed by atoms with Gasteiger partial charge < -0.3 is 5.32 Å². The summed E-state index contributed by atoms with van der Waals surface area (Å²) < 4.78 is 0. The van der Waals surface area contributed by atoms with E-state index < -0.39 is 0 Å². The van der Waals surface area contributed by atoms with Crippen molar-refractivity contribution in [2.45, 2.75) is 39.2 Å². The lowest BCUT2D eigenvalue weighted by Crippen LogP contribution is -2.35. The lowest BCUT2D eigenvalue weighted by molar-refractivity contribution is 0.253. The molecule has 1 N–H and O–H groups in total. The summed E-state index contributed by atoms with van der Waals surface area (Å²) >= 11 is 0. The van der Waals surface area contributed by atoms with Gasteiger partial charge in [-0.2, -0.15) is 0 Å². The van der Waals surface area contributed by atoms with Crippen LogP contribution in [0.5, 0.6) is 0 Å².